The summed E-state index contributed by atoms with van der Waals surface area (Å²) >= 11 is 3.43. The Hall–Kier alpha value is -2.61. The van der Waals surface area contributed by atoms with Crippen LogP contribution in [0.4, 0.5) is 17.1 Å². The predicted octanol–water partition coefficient (Wildman–Crippen LogP) is 9.47. The summed E-state index contributed by atoms with van der Waals surface area (Å²) in [5.74, 6) is 0. The molecule has 0 amide bonds. The van der Waals surface area contributed by atoms with Crippen molar-refractivity contribution in [1.29, 1.82) is 0 Å². The molecule has 0 atom stereocenters. The first kappa shape index (κ1) is 32.6. The lowest BCUT2D eigenvalue weighted by molar-refractivity contribution is 1.36. The van der Waals surface area contributed by atoms with Crippen molar-refractivity contribution in [2.75, 3.05) is 11.1 Å². The number of para-hydroxylation sites is 2. The zero-order chi connectivity index (χ0) is 29.4. The first-order valence-electron chi connectivity index (χ1n) is 13.6. The summed E-state index contributed by atoms with van der Waals surface area (Å²) in [5, 5.41) is 6.55. The summed E-state index contributed by atoms with van der Waals surface area (Å²) < 4.78 is 1.17. The van der Waals surface area contributed by atoms with Gasteiger partial charge in [-0.2, -0.15) is 0 Å². The lowest BCUT2D eigenvalue weighted by Gasteiger charge is -2.18. The number of hydrogen-bond donors (Lipinski definition) is 2. The smallest absolute Gasteiger partial charge is 0.0775 e. The van der Waals surface area contributed by atoms with E-state index in [1.54, 1.807) is 0 Å². The van der Waals surface area contributed by atoms with E-state index in [4.69, 9.17) is 5.73 Å². The fourth-order valence-electron chi connectivity index (χ4n) is 3.99. The molecule has 0 heterocycles. The number of aryl methyl sites for hydroxylation is 4. The van der Waals surface area contributed by atoms with Crippen molar-refractivity contribution in [3.63, 3.8) is 0 Å². The Bertz CT molecular complexity index is 1290. The van der Waals surface area contributed by atoms with Gasteiger partial charge in [0.05, 0.1) is 16.1 Å². The van der Waals surface area contributed by atoms with Gasteiger partial charge in [-0.15, -0.1) is 0 Å². The number of nitrogen functional groups attached to an aromatic ring is 1. The van der Waals surface area contributed by atoms with Gasteiger partial charge in [-0.05, 0) is 74.2 Å². The van der Waals surface area contributed by atoms with Gasteiger partial charge in [0.15, 0.2) is 0 Å². The molecule has 0 saturated heterocycles. The third-order valence-electron chi connectivity index (χ3n) is 6.75. The molecule has 0 aliphatic rings. The van der Waals surface area contributed by atoms with Gasteiger partial charge >= 0.3 is 0 Å². The Balaban J connectivity index is 0.000000226. The fourth-order valence-corrected chi connectivity index (χ4v) is 6.58. The Labute approximate surface area is 248 Å². The van der Waals surface area contributed by atoms with E-state index in [2.05, 4.69) is 141 Å². The Kier molecular flexibility index (Phi) is 11.8. The summed E-state index contributed by atoms with van der Waals surface area (Å²) in [7, 11) is -2.27. The van der Waals surface area contributed by atoms with Crippen LogP contribution in [0.25, 0.3) is 0 Å². The Morgan fingerprint density at radius 3 is 1.26 bits per heavy atom. The van der Waals surface area contributed by atoms with Crippen LogP contribution in [0.15, 0.2) is 89.4 Å². The van der Waals surface area contributed by atoms with Gasteiger partial charge in [0.2, 0.25) is 0 Å². The number of halogens is 1. The van der Waals surface area contributed by atoms with Crippen LogP contribution in [0, 0.1) is 27.7 Å². The van der Waals surface area contributed by atoms with Crippen LogP contribution < -0.4 is 21.4 Å². The van der Waals surface area contributed by atoms with Crippen molar-refractivity contribution in [3.8, 4) is 0 Å². The Morgan fingerprint density at radius 2 is 0.897 bits per heavy atom. The van der Waals surface area contributed by atoms with Gasteiger partial charge in [-0.1, -0.05) is 126 Å². The normalized spacial score (nSPS) is 11.1. The lowest BCUT2D eigenvalue weighted by atomic mass is 10.1. The van der Waals surface area contributed by atoms with E-state index in [9.17, 15) is 0 Å². The predicted molar refractivity (Wildman–Crippen MR) is 186 cm³/mol. The van der Waals surface area contributed by atoms with Crippen LogP contribution >= 0.6 is 15.9 Å². The molecule has 0 fully saturated rings. The van der Waals surface area contributed by atoms with Crippen LogP contribution in [0.5, 0.6) is 0 Å². The summed E-state index contributed by atoms with van der Waals surface area (Å²) in [5.41, 5.74) is 13.9. The quantitative estimate of drug-likeness (QED) is 0.176. The second kappa shape index (κ2) is 14.2. The van der Waals surface area contributed by atoms with Gasteiger partial charge in [0.25, 0.3) is 0 Å². The molecule has 0 aromatic heterocycles. The Morgan fingerprint density at radius 1 is 0.538 bits per heavy atom. The molecule has 4 aromatic rings. The highest BCUT2D eigenvalue weighted by Gasteiger charge is 2.16. The van der Waals surface area contributed by atoms with Crippen molar-refractivity contribution in [3.05, 3.63) is 112 Å². The number of hydrogen-bond acceptors (Lipinski definition) is 2. The molecular formula is C34H47BrN2Si2. The van der Waals surface area contributed by atoms with E-state index in [1.165, 1.54) is 37.3 Å². The molecule has 5 heteroatoms. The van der Waals surface area contributed by atoms with Gasteiger partial charge in [-0.3, -0.25) is 0 Å². The highest BCUT2D eigenvalue weighted by molar-refractivity contribution is 9.10. The number of rotatable bonds is 4. The summed E-state index contributed by atoms with van der Waals surface area (Å²) in [6, 6.07) is 30.0. The summed E-state index contributed by atoms with van der Waals surface area (Å²) in [6.45, 7) is 22.5. The largest absolute Gasteiger partial charge is 0.398 e. The van der Waals surface area contributed by atoms with Crippen molar-refractivity contribution < 1.29 is 0 Å². The minimum absolute atomic E-state index is 0.914. The molecule has 0 spiro atoms. The average Bonchev–Trinajstić information content (AvgIpc) is 2.85. The molecule has 0 radical (unpaired) electrons. The van der Waals surface area contributed by atoms with Crippen LogP contribution in [-0.4, -0.2) is 16.1 Å². The van der Waals surface area contributed by atoms with Crippen LogP contribution in [-0.2, 0) is 0 Å². The summed E-state index contributed by atoms with van der Waals surface area (Å²) in [4.78, 5) is 0. The van der Waals surface area contributed by atoms with E-state index in [-0.39, 0.29) is 0 Å². The van der Waals surface area contributed by atoms with Crippen LogP contribution in [0.1, 0.15) is 22.3 Å². The minimum atomic E-state index is -1.20. The molecule has 0 saturated carbocycles. The van der Waals surface area contributed by atoms with Crippen molar-refractivity contribution >= 4 is 59.5 Å². The molecule has 0 aliphatic carbocycles. The van der Waals surface area contributed by atoms with Crippen LogP contribution in [0.3, 0.4) is 0 Å². The molecule has 0 unspecified atom stereocenters. The van der Waals surface area contributed by atoms with Crippen LogP contribution in [0.2, 0.25) is 39.3 Å². The third-order valence-corrected chi connectivity index (χ3v) is 11.4. The van der Waals surface area contributed by atoms with Gasteiger partial charge in [-0.25, -0.2) is 0 Å². The van der Waals surface area contributed by atoms with E-state index in [1.807, 2.05) is 32.0 Å². The second-order valence-corrected chi connectivity index (χ2v) is 23.4. The summed E-state index contributed by atoms with van der Waals surface area (Å²) in [6.07, 6.45) is 0. The van der Waals surface area contributed by atoms with Crippen molar-refractivity contribution in [2.24, 2.45) is 0 Å². The van der Waals surface area contributed by atoms with E-state index in [0.29, 0.717) is 0 Å². The average molecular weight is 620 g/mol. The first-order valence-corrected chi connectivity index (χ1v) is 21.4. The van der Waals surface area contributed by atoms with E-state index < -0.39 is 16.1 Å². The maximum atomic E-state index is 5.68. The number of benzene rings is 4. The van der Waals surface area contributed by atoms with E-state index >= 15 is 0 Å². The molecule has 4 rings (SSSR count). The third kappa shape index (κ3) is 10.5. The number of nitrogens with two attached hydrogens (primary N) is 1. The van der Waals surface area contributed by atoms with Gasteiger partial charge in [0.1, 0.15) is 0 Å². The first-order chi connectivity index (χ1) is 18.1. The molecular weight excluding hydrogens is 572 g/mol. The van der Waals surface area contributed by atoms with E-state index in [0.717, 1.165) is 16.8 Å². The molecule has 0 bridgehead atoms. The highest BCUT2D eigenvalue weighted by Crippen LogP contribution is 2.24. The zero-order valence-electron chi connectivity index (χ0n) is 25.5. The molecule has 0 aliphatic heterocycles. The number of nitrogens with one attached hydrogen (secondary N) is 1. The van der Waals surface area contributed by atoms with Crippen molar-refractivity contribution in [1.82, 2.24) is 0 Å². The SMILES string of the molecule is C[Si](C)(C)c1ccc(Br)cc1.Cc1cccc(C)c1N.Cc1cccc(C)c1Nc1ccc([Si](C)(C)C)cc1. The van der Waals surface area contributed by atoms with Crippen molar-refractivity contribution in [2.45, 2.75) is 67.0 Å². The highest BCUT2D eigenvalue weighted by atomic mass is 79.9. The molecule has 39 heavy (non-hydrogen) atoms. The maximum Gasteiger partial charge on any atom is 0.0775 e. The topological polar surface area (TPSA) is 38.0 Å². The molecule has 4 aromatic carbocycles. The van der Waals surface area contributed by atoms with Gasteiger partial charge in [0, 0.05) is 21.5 Å². The minimum Gasteiger partial charge on any atom is -0.398 e. The zero-order valence-corrected chi connectivity index (χ0v) is 29.1. The molecule has 208 valence electrons. The monoisotopic (exact) mass is 618 g/mol. The molecule has 2 nitrogen and oxygen atoms in total. The molecule has 3 N–H and O–H groups in total. The maximum absolute atomic E-state index is 5.68. The van der Waals surface area contributed by atoms with Gasteiger partial charge < -0.3 is 11.1 Å². The fraction of sp³-hybridized carbons (Fsp3) is 0.294. The lowest BCUT2D eigenvalue weighted by Crippen LogP contribution is -2.37. The number of anilines is 3. The standard InChI is InChI=1S/C17H23NSi.C9H13BrSi.C8H11N/c1-13-7-6-8-14(2)17(13)18-15-9-11-16(12-10-15)19(3,4)5;1-11(2,3)9-6-4-8(10)5-7-9;1-6-4-3-5-7(2)8(6)9/h6-12,18H,1-5H3;4-7H,1-3H3;3-5H,9H2,1-2H3. The second-order valence-electron chi connectivity index (χ2n) is 12.3.